The van der Waals surface area contributed by atoms with Gasteiger partial charge in [-0.3, -0.25) is 14.6 Å². The maximum Gasteiger partial charge on any atom is 0.234 e. The molecule has 1 N–H and O–H groups in total. The first-order valence-corrected chi connectivity index (χ1v) is 10.8. The Kier molecular flexibility index (Phi) is 6.65. The number of methoxy groups -OCH3 is 1. The Morgan fingerprint density at radius 1 is 1.13 bits per heavy atom. The van der Waals surface area contributed by atoms with Crippen molar-refractivity contribution in [3.63, 3.8) is 0 Å². The zero-order valence-electron chi connectivity index (χ0n) is 17.6. The topological polar surface area (TPSA) is 44.8 Å². The number of benzene rings is 2. The summed E-state index contributed by atoms with van der Waals surface area (Å²) in [5.41, 5.74) is 3.49. The molecule has 30 heavy (non-hydrogen) atoms. The Labute approximate surface area is 177 Å². The Hall–Kier alpha value is -2.44. The van der Waals surface area contributed by atoms with E-state index in [2.05, 4.69) is 39.4 Å². The van der Waals surface area contributed by atoms with Crippen LogP contribution in [0.25, 0.3) is 0 Å². The van der Waals surface area contributed by atoms with Crippen LogP contribution >= 0.6 is 0 Å². The minimum atomic E-state index is -0.245. The number of carbonyl (C=O) groups is 1. The van der Waals surface area contributed by atoms with Crippen LogP contribution < -0.4 is 10.1 Å². The van der Waals surface area contributed by atoms with Gasteiger partial charge in [-0.25, -0.2) is 4.39 Å². The standard InChI is InChI=1S/C24H30FN3O2/c1-30-23-10-9-20(25)15-19(23)16-27-11-13-28(14-12-27)17-24(29)26-22-8-4-6-18-5-2-3-7-21(18)22/h2-3,5,7,9-10,15,22H,4,6,8,11-14,16-17H2,1H3,(H,26,29)/t22-/m1/s1. The van der Waals surface area contributed by atoms with Crippen molar-refractivity contribution < 1.29 is 13.9 Å². The van der Waals surface area contributed by atoms with Crippen LogP contribution in [0.2, 0.25) is 0 Å². The van der Waals surface area contributed by atoms with Crippen molar-refractivity contribution >= 4 is 5.91 Å². The largest absolute Gasteiger partial charge is 0.496 e. The zero-order valence-corrected chi connectivity index (χ0v) is 17.6. The van der Waals surface area contributed by atoms with Crippen LogP contribution in [0.5, 0.6) is 5.75 Å². The molecular weight excluding hydrogens is 381 g/mol. The summed E-state index contributed by atoms with van der Waals surface area (Å²) in [6.07, 6.45) is 3.22. The molecule has 1 amide bonds. The van der Waals surface area contributed by atoms with E-state index in [9.17, 15) is 9.18 Å². The number of ether oxygens (including phenoxy) is 1. The first-order chi connectivity index (χ1) is 14.6. The molecule has 2 aliphatic rings. The highest BCUT2D eigenvalue weighted by molar-refractivity contribution is 5.78. The lowest BCUT2D eigenvalue weighted by atomic mass is 9.88. The summed E-state index contributed by atoms with van der Waals surface area (Å²) in [6.45, 7) is 4.42. The van der Waals surface area contributed by atoms with Gasteiger partial charge in [-0.05, 0) is 48.6 Å². The SMILES string of the molecule is COc1ccc(F)cc1CN1CCN(CC(=O)N[C@@H]2CCCc3ccccc32)CC1. The van der Waals surface area contributed by atoms with Crippen LogP contribution in [0.3, 0.4) is 0 Å². The Morgan fingerprint density at radius 3 is 2.70 bits per heavy atom. The minimum Gasteiger partial charge on any atom is -0.496 e. The van der Waals surface area contributed by atoms with Crippen molar-refractivity contribution in [1.82, 2.24) is 15.1 Å². The first-order valence-electron chi connectivity index (χ1n) is 10.8. The molecule has 0 spiro atoms. The predicted molar refractivity (Wildman–Crippen MR) is 115 cm³/mol. The summed E-state index contributed by atoms with van der Waals surface area (Å²) in [5.74, 6) is 0.563. The second-order valence-electron chi connectivity index (χ2n) is 8.22. The van der Waals surface area contributed by atoms with Gasteiger partial charge in [0.15, 0.2) is 0 Å². The van der Waals surface area contributed by atoms with Gasteiger partial charge in [-0.15, -0.1) is 0 Å². The highest BCUT2D eigenvalue weighted by atomic mass is 19.1. The maximum atomic E-state index is 13.6. The fourth-order valence-electron chi connectivity index (χ4n) is 4.56. The number of rotatable bonds is 6. The average molecular weight is 412 g/mol. The van der Waals surface area contributed by atoms with Crippen LogP contribution in [0.15, 0.2) is 42.5 Å². The maximum absolute atomic E-state index is 13.6. The third kappa shape index (κ3) is 4.99. The molecule has 4 rings (SSSR count). The lowest BCUT2D eigenvalue weighted by Crippen LogP contribution is -2.49. The van der Waals surface area contributed by atoms with Crippen LogP contribution in [0, 0.1) is 5.82 Å². The molecule has 1 aliphatic heterocycles. The lowest BCUT2D eigenvalue weighted by molar-refractivity contribution is -0.123. The van der Waals surface area contributed by atoms with Gasteiger partial charge in [0.1, 0.15) is 11.6 Å². The quantitative estimate of drug-likeness (QED) is 0.793. The molecule has 0 radical (unpaired) electrons. The number of aryl methyl sites for hydroxylation is 1. The van der Waals surface area contributed by atoms with Gasteiger partial charge in [-0.2, -0.15) is 0 Å². The van der Waals surface area contributed by atoms with E-state index in [1.807, 2.05) is 0 Å². The molecule has 1 atom stereocenters. The molecule has 5 nitrogen and oxygen atoms in total. The second kappa shape index (κ2) is 9.58. The Bertz CT molecular complexity index is 881. The van der Waals surface area contributed by atoms with Crippen molar-refractivity contribution in [2.75, 3.05) is 39.8 Å². The summed E-state index contributed by atoms with van der Waals surface area (Å²) >= 11 is 0. The van der Waals surface area contributed by atoms with E-state index >= 15 is 0 Å². The summed E-state index contributed by atoms with van der Waals surface area (Å²) in [4.78, 5) is 17.1. The van der Waals surface area contributed by atoms with Crippen molar-refractivity contribution in [2.24, 2.45) is 0 Å². The highest BCUT2D eigenvalue weighted by Crippen LogP contribution is 2.29. The van der Waals surface area contributed by atoms with E-state index in [-0.39, 0.29) is 17.8 Å². The van der Waals surface area contributed by atoms with E-state index in [0.29, 0.717) is 18.8 Å². The van der Waals surface area contributed by atoms with Gasteiger partial charge in [0.2, 0.25) is 5.91 Å². The lowest BCUT2D eigenvalue weighted by Gasteiger charge is -2.35. The molecule has 2 aromatic rings. The number of nitrogens with one attached hydrogen (secondary N) is 1. The van der Waals surface area contributed by atoms with E-state index in [0.717, 1.165) is 51.0 Å². The van der Waals surface area contributed by atoms with Gasteiger partial charge in [0.25, 0.3) is 0 Å². The molecule has 6 heteroatoms. The second-order valence-corrected chi connectivity index (χ2v) is 8.22. The smallest absolute Gasteiger partial charge is 0.234 e. The van der Waals surface area contributed by atoms with E-state index < -0.39 is 0 Å². The van der Waals surface area contributed by atoms with Crippen LogP contribution in [-0.4, -0.2) is 55.5 Å². The molecule has 1 saturated heterocycles. The van der Waals surface area contributed by atoms with E-state index in [4.69, 9.17) is 4.74 Å². The molecule has 1 aliphatic carbocycles. The number of hydrogen-bond acceptors (Lipinski definition) is 4. The fraction of sp³-hybridized carbons (Fsp3) is 0.458. The van der Waals surface area contributed by atoms with Crippen molar-refractivity contribution in [2.45, 2.75) is 31.8 Å². The van der Waals surface area contributed by atoms with Crippen molar-refractivity contribution in [3.8, 4) is 5.75 Å². The third-order valence-corrected chi connectivity index (χ3v) is 6.17. The molecule has 160 valence electrons. The zero-order chi connectivity index (χ0) is 20.9. The molecule has 1 heterocycles. The van der Waals surface area contributed by atoms with Crippen molar-refractivity contribution in [3.05, 3.63) is 65.0 Å². The number of hydrogen-bond donors (Lipinski definition) is 1. The molecule has 0 aromatic heterocycles. The number of nitrogens with zero attached hydrogens (tertiary/aromatic N) is 2. The number of halogens is 1. The molecule has 2 aromatic carbocycles. The van der Waals surface area contributed by atoms with E-state index in [1.165, 1.54) is 17.2 Å². The summed E-state index contributed by atoms with van der Waals surface area (Å²) in [7, 11) is 1.61. The number of carbonyl (C=O) groups excluding carboxylic acids is 1. The van der Waals surface area contributed by atoms with Gasteiger partial charge in [0.05, 0.1) is 19.7 Å². The monoisotopic (exact) mass is 411 g/mol. The number of amides is 1. The normalized spacial score (nSPS) is 19.9. The van der Waals surface area contributed by atoms with Crippen LogP contribution in [0.1, 0.15) is 35.6 Å². The Morgan fingerprint density at radius 2 is 1.90 bits per heavy atom. The average Bonchev–Trinajstić information content (AvgIpc) is 2.75. The van der Waals surface area contributed by atoms with Crippen molar-refractivity contribution in [1.29, 1.82) is 0 Å². The predicted octanol–water partition coefficient (Wildman–Crippen LogP) is 3.15. The highest BCUT2D eigenvalue weighted by Gasteiger charge is 2.24. The van der Waals surface area contributed by atoms with Gasteiger partial charge >= 0.3 is 0 Å². The number of piperazine rings is 1. The molecule has 0 unspecified atom stereocenters. The van der Waals surface area contributed by atoms with E-state index in [1.54, 1.807) is 19.2 Å². The van der Waals surface area contributed by atoms with Gasteiger partial charge < -0.3 is 10.1 Å². The Balaban J connectivity index is 1.26. The summed E-state index contributed by atoms with van der Waals surface area (Å²) < 4.78 is 19.0. The van der Waals surface area contributed by atoms with Gasteiger partial charge in [-0.1, -0.05) is 24.3 Å². The fourth-order valence-corrected chi connectivity index (χ4v) is 4.56. The van der Waals surface area contributed by atoms with Crippen LogP contribution in [0.4, 0.5) is 4.39 Å². The summed E-state index contributed by atoms with van der Waals surface area (Å²) in [5, 5.41) is 3.24. The minimum absolute atomic E-state index is 0.0944. The third-order valence-electron chi connectivity index (χ3n) is 6.17. The number of fused-ring (bicyclic) bond motifs is 1. The van der Waals surface area contributed by atoms with Gasteiger partial charge in [0, 0.05) is 38.3 Å². The summed E-state index contributed by atoms with van der Waals surface area (Å²) in [6, 6.07) is 13.2. The molecule has 0 saturated carbocycles. The molecule has 1 fully saturated rings. The molecule has 0 bridgehead atoms. The molecular formula is C24H30FN3O2. The first kappa shape index (κ1) is 20.8. The van der Waals surface area contributed by atoms with Crippen LogP contribution in [-0.2, 0) is 17.8 Å².